The zero-order valence-corrected chi connectivity index (χ0v) is 14.3. The van der Waals surface area contributed by atoms with Gasteiger partial charge in [-0.25, -0.2) is 0 Å². The van der Waals surface area contributed by atoms with Gasteiger partial charge in [0.2, 0.25) is 5.95 Å². The Morgan fingerprint density at radius 3 is 2.50 bits per heavy atom. The third-order valence-electron chi connectivity index (χ3n) is 4.15. The van der Waals surface area contributed by atoms with Crippen LogP contribution in [0.15, 0.2) is 59.5 Å². The van der Waals surface area contributed by atoms with Gasteiger partial charge in [0, 0.05) is 10.6 Å². The van der Waals surface area contributed by atoms with Crippen LogP contribution in [-0.2, 0) is 0 Å². The number of aromatic nitrogens is 4. The number of anilines is 1. The fraction of sp³-hybridized carbons (Fsp3) is 0.167. The van der Waals surface area contributed by atoms with E-state index in [2.05, 4.69) is 88.6 Å². The van der Waals surface area contributed by atoms with Gasteiger partial charge in [0.05, 0.1) is 0 Å². The lowest BCUT2D eigenvalue weighted by Crippen LogP contribution is -2.20. The predicted molar refractivity (Wildman–Crippen MR) is 97.0 cm³/mol. The lowest BCUT2D eigenvalue weighted by atomic mass is 10.0. The topological polar surface area (TPSA) is 55.6 Å². The van der Waals surface area contributed by atoms with E-state index in [0.717, 1.165) is 16.8 Å². The summed E-state index contributed by atoms with van der Waals surface area (Å²) in [6.07, 6.45) is 4.25. The van der Waals surface area contributed by atoms with Crippen LogP contribution in [0, 0.1) is 6.92 Å². The van der Waals surface area contributed by atoms with Crippen LogP contribution in [0.5, 0.6) is 0 Å². The second-order valence-corrected chi connectivity index (χ2v) is 6.62. The highest BCUT2D eigenvalue weighted by Crippen LogP contribution is 2.32. The summed E-state index contributed by atoms with van der Waals surface area (Å²) >= 11 is 1.74. The summed E-state index contributed by atoms with van der Waals surface area (Å²) in [6, 6.07) is 17.0. The van der Waals surface area contributed by atoms with Gasteiger partial charge in [-0.3, -0.25) is 0 Å². The smallest absolute Gasteiger partial charge is 0.248 e. The third-order valence-corrected chi connectivity index (χ3v) is 4.89. The van der Waals surface area contributed by atoms with Crippen molar-refractivity contribution >= 4 is 23.4 Å². The predicted octanol–water partition coefficient (Wildman–Crippen LogP) is 3.76. The molecule has 1 aliphatic rings. The summed E-state index contributed by atoms with van der Waals surface area (Å²) in [5.41, 5.74) is 4.55. The van der Waals surface area contributed by atoms with Crippen LogP contribution in [0.1, 0.15) is 22.7 Å². The van der Waals surface area contributed by atoms with Gasteiger partial charge in [-0.05, 0) is 52.9 Å². The molecule has 3 aromatic rings. The van der Waals surface area contributed by atoms with E-state index in [9.17, 15) is 0 Å². The van der Waals surface area contributed by atoms with Crippen LogP contribution in [0.3, 0.4) is 0 Å². The maximum Gasteiger partial charge on any atom is 0.248 e. The summed E-state index contributed by atoms with van der Waals surface area (Å²) in [4.78, 5) is 1.24. The molecule has 0 unspecified atom stereocenters. The van der Waals surface area contributed by atoms with Crippen molar-refractivity contribution in [1.29, 1.82) is 0 Å². The Morgan fingerprint density at radius 1 is 1.04 bits per heavy atom. The van der Waals surface area contributed by atoms with E-state index in [1.807, 2.05) is 4.68 Å². The molecule has 0 amide bonds. The monoisotopic (exact) mass is 335 g/mol. The molecule has 1 atom stereocenters. The van der Waals surface area contributed by atoms with Crippen LogP contribution < -0.4 is 5.32 Å². The minimum absolute atomic E-state index is 0.0246. The van der Waals surface area contributed by atoms with E-state index in [4.69, 9.17) is 0 Å². The fourth-order valence-corrected chi connectivity index (χ4v) is 3.20. The lowest BCUT2D eigenvalue weighted by Gasteiger charge is -2.23. The molecule has 0 saturated heterocycles. The molecule has 1 aliphatic heterocycles. The molecular weight excluding hydrogens is 318 g/mol. The minimum atomic E-state index is -0.0246. The summed E-state index contributed by atoms with van der Waals surface area (Å²) < 4.78 is 1.81. The first kappa shape index (κ1) is 15.0. The molecule has 24 heavy (non-hydrogen) atoms. The number of rotatable bonds is 3. The largest absolute Gasteiger partial charge is 0.323 e. The number of fused-ring (bicyclic) bond motifs is 1. The number of benzene rings is 2. The third kappa shape index (κ3) is 2.69. The van der Waals surface area contributed by atoms with Crippen molar-refractivity contribution < 1.29 is 0 Å². The highest BCUT2D eigenvalue weighted by molar-refractivity contribution is 7.98. The Labute approximate surface area is 144 Å². The first-order chi connectivity index (χ1) is 11.7. The average molecular weight is 335 g/mol. The SMILES string of the molecule is CSc1ccc([C@@H]2C=C(c3ccc(C)cc3)Nc3nnnn32)cc1. The zero-order chi connectivity index (χ0) is 16.5. The molecule has 5 nitrogen and oxygen atoms in total. The molecule has 1 aromatic heterocycles. The second-order valence-electron chi connectivity index (χ2n) is 5.74. The average Bonchev–Trinajstić information content (AvgIpc) is 3.10. The molecule has 0 saturated carbocycles. The van der Waals surface area contributed by atoms with Crippen LogP contribution >= 0.6 is 11.8 Å². The summed E-state index contributed by atoms with van der Waals surface area (Å²) in [5.74, 6) is 0.659. The van der Waals surface area contributed by atoms with E-state index in [0.29, 0.717) is 5.95 Å². The van der Waals surface area contributed by atoms with Gasteiger partial charge in [0.25, 0.3) is 0 Å². The molecule has 0 aliphatic carbocycles. The Balaban J connectivity index is 1.77. The van der Waals surface area contributed by atoms with Gasteiger partial charge in [-0.1, -0.05) is 47.1 Å². The second kappa shape index (κ2) is 6.13. The number of aryl methyl sites for hydroxylation is 1. The highest BCUT2D eigenvalue weighted by Gasteiger charge is 2.24. The lowest BCUT2D eigenvalue weighted by molar-refractivity contribution is 0.585. The summed E-state index contributed by atoms with van der Waals surface area (Å²) in [7, 11) is 0. The molecule has 4 rings (SSSR count). The van der Waals surface area contributed by atoms with Gasteiger partial charge in [-0.15, -0.1) is 11.8 Å². The molecule has 120 valence electrons. The molecular formula is C18H17N5S. The Kier molecular flexibility index (Phi) is 3.82. The van der Waals surface area contributed by atoms with E-state index < -0.39 is 0 Å². The molecule has 2 heterocycles. The molecule has 1 N–H and O–H groups in total. The molecule has 0 radical (unpaired) electrons. The number of hydrogen-bond donors (Lipinski definition) is 1. The maximum atomic E-state index is 4.14. The van der Waals surface area contributed by atoms with E-state index in [1.165, 1.54) is 10.5 Å². The van der Waals surface area contributed by atoms with Crippen LogP contribution in [-0.4, -0.2) is 26.5 Å². The number of hydrogen-bond acceptors (Lipinski definition) is 5. The Bertz CT molecular complexity index is 881. The van der Waals surface area contributed by atoms with Crippen LogP contribution in [0.2, 0.25) is 0 Å². The van der Waals surface area contributed by atoms with E-state index in [-0.39, 0.29) is 6.04 Å². The maximum absolute atomic E-state index is 4.14. The van der Waals surface area contributed by atoms with Crippen molar-refractivity contribution in [2.75, 3.05) is 11.6 Å². The molecule has 0 spiro atoms. The standard InChI is InChI=1S/C18H17N5S/c1-12-3-5-13(6-4-12)16-11-17(23-18(19-16)20-21-22-23)14-7-9-15(24-2)10-8-14/h3-11,17H,1-2H3,(H,19,20,22)/t17-/m0/s1. The van der Waals surface area contributed by atoms with Gasteiger partial charge in [-0.2, -0.15) is 4.68 Å². The highest BCUT2D eigenvalue weighted by atomic mass is 32.2. The molecule has 2 aromatic carbocycles. The molecule has 0 bridgehead atoms. The summed E-state index contributed by atoms with van der Waals surface area (Å²) in [5, 5.41) is 15.4. The first-order valence-corrected chi connectivity index (χ1v) is 8.95. The number of nitrogens with one attached hydrogen (secondary N) is 1. The van der Waals surface area contributed by atoms with Crippen molar-refractivity contribution in [2.45, 2.75) is 17.9 Å². The van der Waals surface area contributed by atoms with E-state index >= 15 is 0 Å². The van der Waals surface area contributed by atoms with Gasteiger partial charge >= 0.3 is 0 Å². The molecule has 0 fully saturated rings. The number of allylic oxidation sites excluding steroid dienone is 1. The Hall–Kier alpha value is -2.60. The van der Waals surface area contributed by atoms with E-state index in [1.54, 1.807) is 11.8 Å². The first-order valence-electron chi connectivity index (χ1n) is 7.72. The number of tetrazole rings is 1. The van der Waals surface area contributed by atoms with Crippen molar-refractivity contribution in [1.82, 2.24) is 20.2 Å². The number of thioether (sulfide) groups is 1. The molecule has 6 heteroatoms. The Morgan fingerprint density at radius 2 is 1.79 bits per heavy atom. The minimum Gasteiger partial charge on any atom is -0.323 e. The van der Waals surface area contributed by atoms with Crippen LogP contribution in [0.25, 0.3) is 5.70 Å². The van der Waals surface area contributed by atoms with Crippen LogP contribution in [0.4, 0.5) is 5.95 Å². The van der Waals surface area contributed by atoms with Gasteiger partial charge in [0.15, 0.2) is 0 Å². The van der Waals surface area contributed by atoms with Crippen molar-refractivity contribution in [3.8, 4) is 0 Å². The van der Waals surface area contributed by atoms with Crippen molar-refractivity contribution in [2.24, 2.45) is 0 Å². The van der Waals surface area contributed by atoms with Gasteiger partial charge < -0.3 is 5.32 Å². The van der Waals surface area contributed by atoms with Gasteiger partial charge in [0.1, 0.15) is 6.04 Å². The summed E-state index contributed by atoms with van der Waals surface area (Å²) in [6.45, 7) is 2.09. The fourth-order valence-electron chi connectivity index (χ4n) is 2.79. The van der Waals surface area contributed by atoms with Crippen molar-refractivity contribution in [3.05, 3.63) is 71.3 Å². The van der Waals surface area contributed by atoms with Crippen molar-refractivity contribution in [3.63, 3.8) is 0 Å². The normalized spacial score (nSPS) is 16.2. The zero-order valence-electron chi connectivity index (χ0n) is 13.5. The number of nitrogens with zero attached hydrogens (tertiary/aromatic N) is 4. The quantitative estimate of drug-likeness (QED) is 0.739.